The molecule has 0 spiro atoms. The van der Waals surface area contributed by atoms with Crippen molar-refractivity contribution in [3.63, 3.8) is 0 Å². The normalized spacial score (nSPS) is 14.1. The van der Waals surface area contributed by atoms with Gasteiger partial charge in [-0.05, 0) is 61.6 Å². The van der Waals surface area contributed by atoms with E-state index in [-0.39, 0.29) is 23.4 Å². The summed E-state index contributed by atoms with van der Waals surface area (Å²) in [5.74, 6) is -0.680. The molecule has 0 saturated heterocycles. The summed E-state index contributed by atoms with van der Waals surface area (Å²) in [6.07, 6.45) is 4.23. The van der Waals surface area contributed by atoms with Crippen molar-refractivity contribution in [1.82, 2.24) is 10.2 Å². The predicted molar refractivity (Wildman–Crippen MR) is 178 cm³/mol. The first-order valence-corrected chi connectivity index (χ1v) is 17.0. The molecule has 0 aliphatic heterocycles. The molecular formula is C37H41N3O4S. The molecule has 0 aromatic heterocycles. The third-order valence-electron chi connectivity index (χ3n) is 8.44. The van der Waals surface area contributed by atoms with E-state index in [1.54, 1.807) is 35.2 Å². The lowest BCUT2D eigenvalue weighted by molar-refractivity contribution is -0.140. The Morgan fingerprint density at radius 2 is 1.38 bits per heavy atom. The van der Waals surface area contributed by atoms with E-state index < -0.39 is 28.5 Å². The summed E-state index contributed by atoms with van der Waals surface area (Å²) in [5, 5.41) is 3.21. The van der Waals surface area contributed by atoms with Gasteiger partial charge in [0.1, 0.15) is 12.6 Å². The number of amides is 2. The second-order valence-electron chi connectivity index (χ2n) is 11.8. The Labute approximate surface area is 266 Å². The Morgan fingerprint density at radius 3 is 2.02 bits per heavy atom. The Hall–Kier alpha value is -4.43. The second-order valence-corrected chi connectivity index (χ2v) is 13.7. The minimum Gasteiger partial charge on any atom is -0.352 e. The molecule has 234 valence electrons. The van der Waals surface area contributed by atoms with E-state index in [0.717, 1.165) is 47.9 Å². The fraction of sp³-hybridized carbons (Fsp3) is 0.297. The first-order valence-electron chi connectivity index (χ1n) is 15.5. The second kappa shape index (κ2) is 14.6. The maximum absolute atomic E-state index is 14.6. The van der Waals surface area contributed by atoms with Crippen LogP contribution in [0.1, 0.15) is 47.9 Å². The van der Waals surface area contributed by atoms with Crippen LogP contribution in [0.25, 0.3) is 0 Å². The van der Waals surface area contributed by atoms with Crippen molar-refractivity contribution in [2.24, 2.45) is 0 Å². The minimum atomic E-state index is -4.12. The highest BCUT2D eigenvalue weighted by molar-refractivity contribution is 7.92. The summed E-state index contributed by atoms with van der Waals surface area (Å²) in [6.45, 7) is 3.51. The number of para-hydroxylation sites is 1. The fourth-order valence-electron chi connectivity index (χ4n) is 5.89. The standard InChI is InChI=1S/C37H41N3O4S/c1-28-21-23-31(24-22-28)26-39(35(25-30-14-5-3-6-15-30)37(42)38-32-16-10-11-17-32)36(41)27-40(34-20-12-9-13-29(34)2)45(43,44)33-18-7-4-8-19-33/h3-9,12-15,18-24,32,35H,10-11,16-17,25-27H2,1-2H3,(H,38,42)/t35-/m0/s1. The van der Waals surface area contributed by atoms with Crippen molar-refractivity contribution in [3.8, 4) is 0 Å². The molecule has 1 atom stereocenters. The summed E-state index contributed by atoms with van der Waals surface area (Å²) in [5.41, 5.74) is 3.98. The summed E-state index contributed by atoms with van der Waals surface area (Å²) in [7, 11) is -4.12. The van der Waals surface area contributed by atoms with E-state index in [4.69, 9.17) is 0 Å². The molecule has 2 amide bonds. The molecule has 0 heterocycles. The van der Waals surface area contributed by atoms with Gasteiger partial charge in [0, 0.05) is 19.0 Å². The van der Waals surface area contributed by atoms with Crippen LogP contribution in [0.4, 0.5) is 5.69 Å². The Morgan fingerprint density at radius 1 is 0.778 bits per heavy atom. The Balaban J connectivity index is 1.56. The van der Waals surface area contributed by atoms with Gasteiger partial charge in [0.15, 0.2) is 0 Å². The van der Waals surface area contributed by atoms with Crippen LogP contribution in [0.3, 0.4) is 0 Å². The van der Waals surface area contributed by atoms with Crippen molar-refractivity contribution in [1.29, 1.82) is 0 Å². The van der Waals surface area contributed by atoms with E-state index in [1.807, 2.05) is 80.6 Å². The first kappa shape index (κ1) is 32.0. The number of nitrogens with zero attached hydrogens (tertiary/aromatic N) is 2. The molecule has 7 nitrogen and oxygen atoms in total. The number of carbonyl (C=O) groups excluding carboxylic acids is 2. The maximum Gasteiger partial charge on any atom is 0.264 e. The molecule has 4 aromatic carbocycles. The molecule has 1 fully saturated rings. The van der Waals surface area contributed by atoms with Gasteiger partial charge in [-0.1, -0.05) is 109 Å². The van der Waals surface area contributed by atoms with Gasteiger partial charge in [0.05, 0.1) is 10.6 Å². The third-order valence-corrected chi connectivity index (χ3v) is 10.2. The van der Waals surface area contributed by atoms with Crippen LogP contribution in [0.2, 0.25) is 0 Å². The smallest absolute Gasteiger partial charge is 0.264 e. The highest BCUT2D eigenvalue weighted by atomic mass is 32.2. The van der Waals surface area contributed by atoms with Crippen molar-refractivity contribution < 1.29 is 18.0 Å². The van der Waals surface area contributed by atoms with Crippen molar-refractivity contribution >= 4 is 27.5 Å². The fourth-order valence-corrected chi connectivity index (χ4v) is 7.39. The van der Waals surface area contributed by atoms with Crippen LogP contribution >= 0.6 is 0 Å². The number of anilines is 1. The van der Waals surface area contributed by atoms with E-state index in [2.05, 4.69) is 5.32 Å². The van der Waals surface area contributed by atoms with Gasteiger partial charge < -0.3 is 10.2 Å². The molecule has 1 aliphatic carbocycles. The molecule has 0 unspecified atom stereocenters. The molecule has 0 bridgehead atoms. The van der Waals surface area contributed by atoms with Gasteiger partial charge in [0.2, 0.25) is 11.8 Å². The summed E-state index contributed by atoms with van der Waals surface area (Å²) >= 11 is 0. The van der Waals surface area contributed by atoms with Gasteiger partial charge in [0.25, 0.3) is 10.0 Å². The quantitative estimate of drug-likeness (QED) is 0.204. The lowest BCUT2D eigenvalue weighted by Crippen LogP contribution is -2.54. The van der Waals surface area contributed by atoms with Crippen molar-refractivity contribution in [2.75, 3.05) is 10.8 Å². The zero-order valence-electron chi connectivity index (χ0n) is 25.9. The number of hydrogen-bond donors (Lipinski definition) is 1. The molecular weight excluding hydrogens is 582 g/mol. The van der Waals surface area contributed by atoms with Gasteiger partial charge in [-0.3, -0.25) is 13.9 Å². The predicted octanol–water partition coefficient (Wildman–Crippen LogP) is 6.20. The van der Waals surface area contributed by atoms with Crippen LogP contribution < -0.4 is 9.62 Å². The Kier molecular flexibility index (Phi) is 10.4. The van der Waals surface area contributed by atoms with Gasteiger partial charge in [-0.25, -0.2) is 8.42 Å². The number of sulfonamides is 1. The Bertz CT molecular complexity index is 1690. The van der Waals surface area contributed by atoms with Crippen molar-refractivity contribution in [3.05, 3.63) is 131 Å². The number of benzene rings is 4. The van der Waals surface area contributed by atoms with Crippen LogP contribution in [-0.4, -0.2) is 43.8 Å². The average molecular weight is 624 g/mol. The SMILES string of the molecule is Cc1ccc(CN(C(=O)CN(c2ccccc2C)S(=O)(=O)c2ccccc2)[C@@H](Cc2ccccc2)C(=O)NC2CCCC2)cc1. The van der Waals surface area contributed by atoms with Crippen molar-refractivity contribution in [2.45, 2.75) is 69.5 Å². The zero-order chi connectivity index (χ0) is 31.8. The van der Waals surface area contributed by atoms with Crippen LogP contribution in [0, 0.1) is 13.8 Å². The van der Waals surface area contributed by atoms with Gasteiger partial charge >= 0.3 is 0 Å². The molecule has 5 rings (SSSR count). The van der Waals surface area contributed by atoms with E-state index in [0.29, 0.717) is 12.1 Å². The molecule has 8 heteroatoms. The molecule has 1 N–H and O–H groups in total. The van der Waals surface area contributed by atoms with E-state index >= 15 is 0 Å². The van der Waals surface area contributed by atoms with E-state index in [1.165, 1.54) is 16.4 Å². The number of rotatable bonds is 12. The monoisotopic (exact) mass is 623 g/mol. The topological polar surface area (TPSA) is 86.8 Å². The average Bonchev–Trinajstić information content (AvgIpc) is 3.56. The van der Waals surface area contributed by atoms with Crippen LogP contribution in [0.15, 0.2) is 114 Å². The highest BCUT2D eigenvalue weighted by Crippen LogP contribution is 2.28. The number of hydrogen-bond acceptors (Lipinski definition) is 4. The molecule has 4 aromatic rings. The molecule has 0 radical (unpaired) electrons. The lowest BCUT2D eigenvalue weighted by atomic mass is 10.0. The summed E-state index contributed by atoms with van der Waals surface area (Å²) in [6, 6.07) is 32.0. The number of aryl methyl sites for hydroxylation is 2. The largest absolute Gasteiger partial charge is 0.352 e. The maximum atomic E-state index is 14.6. The summed E-state index contributed by atoms with van der Waals surface area (Å²) in [4.78, 5) is 30.3. The van der Waals surface area contributed by atoms with Crippen LogP contribution in [0.5, 0.6) is 0 Å². The van der Waals surface area contributed by atoms with E-state index in [9.17, 15) is 18.0 Å². The molecule has 45 heavy (non-hydrogen) atoms. The minimum absolute atomic E-state index is 0.0639. The summed E-state index contributed by atoms with van der Waals surface area (Å²) < 4.78 is 29.5. The first-order chi connectivity index (χ1) is 21.7. The van der Waals surface area contributed by atoms with Crippen LogP contribution in [-0.2, 0) is 32.6 Å². The third kappa shape index (κ3) is 8.00. The zero-order valence-corrected chi connectivity index (χ0v) is 26.7. The molecule has 1 saturated carbocycles. The van der Waals surface area contributed by atoms with Gasteiger partial charge in [-0.2, -0.15) is 0 Å². The van der Waals surface area contributed by atoms with Gasteiger partial charge in [-0.15, -0.1) is 0 Å². The number of nitrogens with one attached hydrogen (secondary N) is 1. The molecule has 1 aliphatic rings. The lowest BCUT2D eigenvalue weighted by Gasteiger charge is -2.34. The number of carbonyl (C=O) groups is 2. The highest BCUT2D eigenvalue weighted by Gasteiger charge is 2.35.